The van der Waals surface area contributed by atoms with Crippen LogP contribution in [0.15, 0.2) is 36.4 Å². The van der Waals surface area contributed by atoms with Gasteiger partial charge >= 0.3 is 0 Å². The minimum atomic E-state index is -1.16. The van der Waals surface area contributed by atoms with Gasteiger partial charge in [0.2, 0.25) is 23.6 Å². The van der Waals surface area contributed by atoms with E-state index >= 15 is 0 Å². The van der Waals surface area contributed by atoms with Gasteiger partial charge in [0.15, 0.2) is 0 Å². The van der Waals surface area contributed by atoms with Crippen LogP contribution in [0.2, 0.25) is 0 Å². The molecule has 2 heterocycles. The summed E-state index contributed by atoms with van der Waals surface area (Å²) in [5, 5.41) is 29.5. The second kappa shape index (κ2) is 15.5. The first-order valence-electron chi connectivity index (χ1n) is 14.6. The highest BCUT2D eigenvalue weighted by atomic mass is 16.3. The van der Waals surface area contributed by atoms with E-state index in [-0.39, 0.29) is 63.7 Å². The average molecular weight is 612 g/mol. The average Bonchev–Trinajstić information content (AvgIpc) is 3.49. The zero-order valence-electron chi connectivity index (χ0n) is 24.1. The Kier molecular flexibility index (Phi) is 12.1. The molecule has 44 heavy (non-hydrogen) atoms. The molecule has 4 bridgehead atoms. The number of likely N-dealkylation sites (tertiary alicyclic amines) is 1. The van der Waals surface area contributed by atoms with Crippen molar-refractivity contribution in [2.45, 2.75) is 70.1 Å². The van der Waals surface area contributed by atoms with E-state index in [9.17, 15) is 29.4 Å². The number of hydrogen-bond acceptors (Lipinski definition) is 9. The molecule has 0 radical (unpaired) electrons. The minimum absolute atomic E-state index is 0. The Labute approximate surface area is 257 Å². The van der Waals surface area contributed by atoms with Crippen molar-refractivity contribution in [1.29, 1.82) is 0 Å². The Morgan fingerprint density at radius 3 is 2.18 bits per heavy atom. The Hall–Kier alpha value is -4.20. The predicted molar refractivity (Wildman–Crippen MR) is 166 cm³/mol. The topological polar surface area (TPSA) is 226 Å². The molecular formula is C31H45N7O6. The van der Waals surface area contributed by atoms with E-state index < -0.39 is 41.9 Å². The van der Waals surface area contributed by atoms with Crippen molar-refractivity contribution in [3.63, 3.8) is 0 Å². The van der Waals surface area contributed by atoms with Gasteiger partial charge in [-0.3, -0.25) is 19.2 Å². The number of rotatable bonds is 7. The first-order chi connectivity index (χ1) is 20.6. The van der Waals surface area contributed by atoms with E-state index in [2.05, 4.69) is 16.0 Å². The Balaban J connectivity index is 0.00000529. The number of benzene rings is 2. The number of nitrogens with one attached hydrogen (secondary N) is 3. The molecular weight excluding hydrogens is 566 g/mol. The largest absolute Gasteiger partial charge is 0.508 e. The predicted octanol–water partition coefficient (Wildman–Crippen LogP) is -0.399. The number of fused-ring (bicyclic) bond motifs is 5. The summed E-state index contributed by atoms with van der Waals surface area (Å²) in [6.07, 6.45) is 1.58. The molecule has 0 unspecified atom stereocenters. The first-order valence-corrected chi connectivity index (χ1v) is 14.6. The highest BCUT2D eigenvalue weighted by molar-refractivity contribution is 5.95. The fraction of sp³-hybridized carbons (Fsp3) is 0.484. The molecule has 240 valence electrons. The molecule has 4 amide bonds. The fourth-order valence-electron chi connectivity index (χ4n) is 5.57. The monoisotopic (exact) mass is 611 g/mol. The summed E-state index contributed by atoms with van der Waals surface area (Å²) in [5.41, 5.74) is 19.6. The third kappa shape index (κ3) is 8.04. The van der Waals surface area contributed by atoms with E-state index in [0.29, 0.717) is 48.1 Å². The molecule has 11 N–H and O–H groups in total. The number of aromatic hydroxyl groups is 2. The summed E-state index contributed by atoms with van der Waals surface area (Å²) in [5.74, 6) is -2.14. The van der Waals surface area contributed by atoms with Crippen LogP contribution in [-0.2, 0) is 32.0 Å². The van der Waals surface area contributed by atoms with Crippen molar-refractivity contribution >= 4 is 23.6 Å². The van der Waals surface area contributed by atoms with Crippen LogP contribution in [0.1, 0.15) is 44.2 Å². The minimum Gasteiger partial charge on any atom is -0.508 e. The third-order valence-corrected chi connectivity index (χ3v) is 7.92. The molecule has 4 atom stereocenters. The SMILES string of the molecule is C.NCCC[C@@H]1NC(=O)[C@@H](N)Cc2cc(ccc2O)-c2ccc(O)c(c2)C[C@@H](C(=O)N2CCC[C@H]2C(=O)NCCN)NC1=O. The first kappa shape index (κ1) is 34.3. The highest BCUT2D eigenvalue weighted by Crippen LogP contribution is 2.31. The molecule has 2 aromatic rings. The van der Waals surface area contributed by atoms with Crippen LogP contribution >= 0.6 is 0 Å². The van der Waals surface area contributed by atoms with Crippen molar-refractivity contribution in [2.24, 2.45) is 17.2 Å². The zero-order chi connectivity index (χ0) is 31.1. The molecule has 0 aliphatic carbocycles. The van der Waals surface area contributed by atoms with Gasteiger partial charge in [0.1, 0.15) is 29.6 Å². The van der Waals surface area contributed by atoms with Crippen LogP contribution < -0.4 is 33.2 Å². The molecule has 2 aliphatic heterocycles. The molecule has 0 aromatic heterocycles. The van der Waals surface area contributed by atoms with Crippen molar-refractivity contribution in [3.8, 4) is 22.6 Å². The van der Waals surface area contributed by atoms with Gasteiger partial charge in [0, 0.05) is 32.5 Å². The summed E-state index contributed by atoms with van der Waals surface area (Å²) in [6, 6.07) is 5.79. The van der Waals surface area contributed by atoms with Crippen LogP contribution in [0.3, 0.4) is 0 Å². The zero-order valence-corrected chi connectivity index (χ0v) is 24.1. The van der Waals surface area contributed by atoms with E-state index in [1.54, 1.807) is 24.3 Å². The lowest BCUT2D eigenvalue weighted by atomic mass is 9.95. The van der Waals surface area contributed by atoms with Gasteiger partial charge < -0.3 is 48.3 Å². The number of nitrogens with two attached hydrogens (primary N) is 3. The number of phenols is 2. The molecule has 4 rings (SSSR count). The Morgan fingerprint density at radius 2 is 1.57 bits per heavy atom. The molecule has 1 saturated heterocycles. The fourth-order valence-corrected chi connectivity index (χ4v) is 5.57. The lowest BCUT2D eigenvalue weighted by Gasteiger charge is -2.30. The number of amides is 4. The van der Waals surface area contributed by atoms with E-state index in [0.717, 1.165) is 0 Å². The van der Waals surface area contributed by atoms with Gasteiger partial charge in [-0.2, -0.15) is 0 Å². The number of nitrogens with zero attached hydrogens (tertiary/aromatic N) is 1. The number of carbonyl (C=O) groups excluding carboxylic acids is 4. The van der Waals surface area contributed by atoms with Crippen LogP contribution in [0, 0.1) is 0 Å². The second-order valence-electron chi connectivity index (χ2n) is 11.0. The number of hydrogen-bond donors (Lipinski definition) is 8. The van der Waals surface area contributed by atoms with Gasteiger partial charge in [0.05, 0.1) is 6.04 Å². The number of carbonyl (C=O) groups is 4. The van der Waals surface area contributed by atoms with Crippen molar-refractivity contribution in [1.82, 2.24) is 20.9 Å². The van der Waals surface area contributed by atoms with Gasteiger partial charge in [0.25, 0.3) is 0 Å². The quantitative estimate of drug-likeness (QED) is 0.203. The molecule has 0 spiro atoms. The molecule has 1 fully saturated rings. The van der Waals surface area contributed by atoms with Gasteiger partial charge in [-0.15, -0.1) is 0 Å². The summed E-state index contributed by atoms with van der Waals surface area (Å²) in [7, 11) is 0. The summed E-state index contributed by atoms with van der Waals surface area (Å²) >= 11 is 0. The Morgan fingerprint density at radius 1 is 0.932 bits per heavy atom. The number of phenolic OH excluding ortho intramolecular Hbond substituents is 2. The maximum Gasteiger partial charge on any atom is 0.246 e. The highest BCUT2D eigenvalue weighted by Gasteiger charge is 2.38. The summed E-state index contributed by atoms with van der Waals surface area (Å²) in [6.45, 7) is 1.10. The van der Waals surface area contributed by atoms with Gasteiger partial charge in [-0.1, -0.05) is 19.6 Å². The van der Waals surface area contributed by atoms with E-state index in [4.69, 9.17) is 17.2 Å². The van der Waals surface area contributed by atoms with E-state index in [1.165, 1.54) is 17.0 Å². The standard InChI is InChI=1S/C30H41N7O6.CH4/c31-9-1-3-22-28(41)36-23(30(43)37-12-2-4-24(37)29(42)34-11-10-32)16-20-14-18(6-8-26(20)39)17-5-7-25(38)19(13-17)15-21(33)27(40)35-22;/h5-8,13-14,21-24,38-39H,1-4,9-12,15-16,31-33H2,(H,34,42)(H,35,40)(H,36,41);1H4/t21-,22-,23-,24-;/m0./s1. The normalized spacial score (nSPS) is 22.1. The summed E-state index contributed by atoms with van der Waals surface area (Å²) in [4.78, 5) is 55.1. The Bertz CT molecular complexity index is 1350. The maximum absolute atomic E-state index is 14.0. The summed E-state index contributed by atoms with van der Waals surface area (Å²) < 4.78 is 0. The van der Waals surface area contributed by atoms with Crippen LogP contribution in [0.5, 0.6) is 11.5 Å². The van der Waals surface area contributed by atoms with Gasteiger partial charge in [-0.05, 0) is 78.7 Å². The lowest BCUT2D eigenvalue weighted by molar-refractivity contribution is -0.141. The third-order valence-electron chi connectivity index (χ3n) is 7.92. The second-order valence-corrected chi connectivity index (χ2v) is 11.0. The van der Waals surface area contributed by atoms with Crippen LogP contribution in [-0.4, -0.2) is 89.1 Å². The molecule has 13 nitrogen and oxygen atoms in total. The molecule has 2 aliphatic rings. The van der Waals surface area contributed by atoms with Crippen molar-refractivity contribution in [3.05, 3.63) is 47.5 Å². The van der Waals surface area contributed by atoms with Crippen LogP contribution in [0.4, 0.5) is 0 Å². The lowest BCUT2D eigenvalue weighted by Crippen LogP contribution is -2.58. The molecule has 13 heteroatoms. The van der Waals surface area contributed by atoms with Crippen molar-refractivity contribution < 1.29 is 29.4 Å². The molecule has 2 aromatic carbocycles. The van der Waals surface area contributed by atoms with E-state index in [1.807, 2.05) is 0 Å². The van der Waals surface area contributed by atoms with Gasteiger partial charge in [-0.25, -0.2) is 0 Å². The maximum atomic E-state index is 14.0. The van der Waals surface area contributed by atoms with Crippen molar-refractivity contribution in [2.75, 3.05) is 26.2 Å². The van der Waals surface area contributed by atoms with Crippen LogP contribution in [0.25, 0.3) is 11.1 Å². The smallest absolute Gasteiger partial charge is 0.246 e. The molecule has 0 saturated carbocycles.